The summed E-state index contributed by atoms with van der Waals surface area (Å²) < 4.78 is 0. The Kier molecular flexibility index (Phi) is 2.79. The first-order chi connectivity index (χ1) is 9.53. The fourth-order valence-corrected chi connectivity index (χ4v) is 6.63. The highest BCUT2D eigenvalue weighted by Crippen LogP contribution is 2.64. The van der Waals surface area contributed by atoms with Crippen molar-refractivity contribution >= 4 is 0 Å². The van der Waals surface area contributed by atoms with Gasteiger partial charge in [0.2, 0.25) is 0 Å². The second-order valence-corrected chi connectivity index (χ2v) is 8.69. The Morgan fingerprint density at radius 3 is 2.80 bits per heavy atom. The molecule has 0 radical (unpaired) electrons. The number of hydrogen-bond donors (Lipinski definition) is 0. The monoisotopic (exact) mass is 270 g/mol. The van der Waals surface area contributed by atoms with Crippen LogP contribution >= 0.6 is 0 Å². The molecule has 0 heteroatoms. The van der Waals surface area contributed by atoms with Crippen molar-refractivity contribution in [2.45, 2.75) is 72.1 Å². The van der Waals surface area contributed by atoms with Crippen LogP contribution < -0.4 is 0 Å². The lowest BCUT2D eigenvalue weighted by Gasteiger charge is -2.57. The van der Waals surface area contributed by atoms with E-state index < -0.39 is 0 Å². The maximum Gasteiger partial charge on any atom is -0.00853 e. The van der Waals surface area contributed by atoms with Gasteiger partial charge in [-0.2, -0.15) is 0 Å². The van der Waals surface area contributed by atoms with Crippen LogP contribution in [0.15, 0.2) is 23.3 Å². The van der Waals surface area contributed by atoms with Gasteiger partial charge in [0.25, 0.3) is 0 Å². The molecule has 4 aliphatic rings. The van der Waals surface area contributed by atoms with Crippen LogP contribution in [-0.4, -0.2) is 0 Å². The summed E-state index contributed by atoms with van der Waals surface area (Å²) in [4.78, 5) is 0. The first kappa shape index (κ1) is 13.2. The minimum Gasteiger partial charge on any atom is -0.0848 e. The largest absolute Gasteiger partial charge is 0.0848 e. The molecule has 0 aliphatic heterocycles. The van der Waals surface area contributed by atoms with Gasteiger partial charge in [0, 0.05) is 0 Å². The van der Waals surface area contributed by atoms with Crippen LogP contribution in [0.5, 0.6) is 0 Å². The number of allylic oxidation sites excluding steroid dienone is 4. The fraction of sp³-hybridized carbons (Fsp3) is 0.800. The van der Waals surface area contributed by atoms with Gasteiger partial charge in [0.1, 0.15) is 0 Å². The summed E-state index contributed by atoms with van der Waals surface area (Å²) >= 11 is 0. The third-order valence-electron chi connectivity index (χ3n) is 7.58. The van der Waals surface area contributed by atoms with E-state index >= 15 is 0 Å². The number of fused-ring (bicyclic) bond motifs is 5. The highest BCUT2D eigenvalue weighted by Gasteiger charge is 2.55. The van der Waals surface area contributed by atoms with E-state index in [-0.39, 0.29) is 0 Å². The summed E-state index contributed by atoms with van der Waals surface area (Å²) in [5, 5.41) is 0. The average molecular weight is 270 g/mol. The van der Waals surface area contributed by atoms with Crippen molar-refractivity contribution in [2.24, 2.45) is 28.6 Å². The summed E-state index contributed by atoms with van der Waals surface area (Å²) in [5.41, 5.74) is 4.63. The Morgan fingerprint density at radius 1 is 1.10 bits per heavy atom. The standard InChI is InChI=1S/C20H30/c1-14-12-18-16-8-7-15-6-4-5-10-20(15,3)17(16)9-11-19(18,2)13-14/h6,13,16-18H,4-5,7-12H2,1-3H3. The second-order valence-electron chi connectivity index (χ2n) is 8.69. The molecular weight excluding hydrogens is 240 g/mol. The molecule has 0 saturated heterocycles. The zero-order chi connectivity index (χ0) is 14.0. The van der Waals surface area contributed by atoms with Crippen LogP contribution in [0, 0.1) is 28.6 Å². The lowest BCUT2D eigenvalue weighted by atomic mass is 9.47. The molecule has 2 saturated carbocycles. The molecule has 0 amide bonds. The third kappa shape index (κ3) is 1.66. The van der Waals surface area contributed by atoms with E-state index in [0.29, 0.717) is 10.8 Å². The Labute approximate surface area is 124 Å². The van der Waals surface area contributed by atoms with Crippen molar-refractivity contribution in [1.29, 1.82) is 0 Å². The first-order valence-electron chi connectivity index (χ1n) is 8.91. The highest BCUT2D eigenvalue weighted by atomic mass is 14.6. The molecule has 0 nitrogen and oxygen atoms in total. The van der Waals surface area contributed by atoms with E-state index in [9.17, 15) is 0 Å². The molecule has 5 atom stereocenters. The van der Waals surface area contributed by atoms with E-state index in [1.807, 2.05) is 5.57 Å². The van der Waals surface area contributed by atoms with Crippen LogP contribution in [0.2, 0.25) is 0 Å². The van der Waals surface area contributed by atoms with Gasteiger partial charge in [-0.3, -0.25) is 0 Å². The molecule has 110 valence electrons. The maximum atomic E-state index is 2.64. The lowest BCUT2D eigenvalue weighted by Crippen LogP contribution is -2.48. The average Bonchev–Trinajstić information content (AvgIpc) is 2.72. The summed E-state index contributed by atoms with van der Waals surface area (Å²) in [6.45, 7) is 7.54. The van der Waals surface area contributed by atoms with E-state index in [2.05, 4.69) is 32.9 Å². The van der Waals surface area contributed by atoms with Crippen molar-refractivity contribution in [1.82, 2.24) is 0 Å². The normalized spacial score (nSPS) is 50.6. The van der Waals surface area contributed by atoms with Crippen molar-refractivity contribution < 1.29 is 0 Å². The second kappa shape index (κ2) is 4.24. The van der Waals surface area contributed by atoms with Crippen molar-refractivity contribution in [3.8, 4) is 0 Å². The topological polar surface area (TPSA) is 0 Å². The van der Waals surface area contributed by atoms with E-state index in [1.54, 1.807) is 5.57 Å². The molecule has 4 aliphatic carbocycles. The smallest absolute Gasteiger partial charge is 0.00853 e. The van der Waals surface area contributed by atoms with E-state index in [1.165, 1.54) is 51.4 Å². The molecule has 0 aromatic heterocycles. The fourth-order valence-electron chi connectivity index (χ4n) is 6.63. The quantitative estimate of drug-likeness (QED) is 0.481. The number of rotatable bonds is 0. The van der Waals surface area contributed by atoms with Crippen LogP contribution in [0.4, 0.5) is 0 Å². The Bertz CT molecular complexity index is 482. The Hall–Kier alpha value is -0.520. The molecule has 0 bridgehead atoms. The molecule has 0 aromatic carbocycles. The number of hydrogen-bond acceptors (Lipinski definition) is 0. The van der Waals surface area contributed by atoms with Gasteiger partial charge in [-0.05, 0) is 86.9 Å². The van der Waals surface area contributed by atoms with Gasteiger partial charge in [-0.15, -0.1) is 0 Å². The predicted molar refractivity (Wildman–Crippen MR) is 85.5 cm³/mol. The zero-order valence-electron chi connectivity index (χ0n) is 13.5. The molecular formula is C20H30. The lowest BCUT2D eigenvalue weighted by molar-refractivity contribution is -0.0252. The molecule has 0 aromatic rings. The van der Waals surface area contributed by atoms with Crippen molar-refractivity contribution in [3.63, 3.8) is 0 Å². The Balaban J connectivity index is 1.69. The minimum atomic E-state index is 0.539. The van der Waals surface area contributed by atoms with E-state index in [4.69, 9.17) is 0 Å². The van der Waals surface area contributed by atoms with Crippen molar-refractivity contribution in [3.05, 3.63) is 23.3 Å². The van der Waals surface area contributed by atoms with Crippen LogP contribution in [0.25, 0.3) is 0 Å². The van der Waals surface area contributed by atoms with Gasteiger partial charge < -0.3 is 0 Å². The summed E-state index contributed by atoms with van der Waals surface area (Å²) in [7, 11) is 0. The SMILES string of the molecule is CC1=CC2(C)CCC3C(CCC4=CCCCC43C)C2C1. The van der Waals surface area contributed by atoms with E-state index in [0.717, 1.165) is 17.8 Å². The summed E-state index contributed by atoms with van der Waals surface area (Å²) in [5.74, 6) is 2.95. The third-order valence-corrected chi connectivity index (χ3v) is 7.58. The van der Waals surface area contributed by atoms with Crippen LogP contribution in [0.3, 0.4) is 0 Å². The molecule has 0 spiro atoms. The molecule has 0 N–H and O–H groups in total. The Morgan fingerprint density at radius 2 is 1.95 bits per heavy atom. The minimum absolute atomic E-state index is 0.539. The molecule has 0 heterocycles. The van der Waals surface area contributed by atoms with Crippen molar-refractivity contribution in [2.75, 3.05) is 0 Å². The van der Waals surface area contributed by atoms with Gasteiger partial charge in [0.05, 0.1) is 0 Å². The molecule has 20 heavy (non-hydrogen) atoms. The van der Waals surface area contributed by atoms with Gasteiger partial charge in [0.15, 0.2) is 0 Å². The predicted octanol–water partition coefficient (Wildman–Crippen LogP) is 5.90. The van der Waals surface area contributed by atoms with Crippen LogP contribution in [0.1, 0.15) is 72.1 Å². The summed E-state index contributed by atoms with van der Waals surface area (Å²) in [6, 6.07) is 0. The molecule has 2 fully saturated rings. The first-order valence-corrected chi connectivity index (χ1v) is 8.91. The molecule has 5 unspecified atom stereocenters. The highest BCUT2D eigenvalue weighted by molar-refractivity contribution is 5.27. The summed E-state index contributed by atoms with van der Waals surface area (Å²) in [6.07, 6.45) is 16.7. The van der Waals surface area contributed by atoms with Gasteiger partial charge in [-0.25, -0.2) is 0 Å². The zero-order valence-corrected chi connectivity index (χ0v) is 13.5. The van der Waals surface area contributed by atoms with Gasteiger partial charge in [-0.1, -0.05) is 37.1 Å². The maximum absolute atomic E-state index is 2.64. The van der Waals surface area contributed by atoms with Gasteiger partial charge >= 0.3 is 0 Å². The van der Waals surface area contributed by atoms with Crippen LogP contribution in [-0.2, 0) is 0 Å². The molecule has 4 rings (SSSR count).